The summed E-state index contributed by atoms with van der Waals surface area (Å²) in [5.41, 5.74) is 0.321. The first kappa shape index (κ1) is 20.4. The third kappa shape index (κ3) is 6.77. The number of hydrogen-bond donors (Lipinski definition) is 2. The van der Waals surface area contributed by atoms with Gasteiger partial charge in [0.15, 0.2) is 5.69 Å². The largest absolute Gasteiger partial charge is 0.447 e. The van der Waals surface area contributed by atoms with Crippen LogP contribution in [-0.2, 0) is 11.3 Å². The van der Waals surface area contributed by atoms with Gasteiger partial charge in [-0.15, -0.1) is 6.42 Å². The predicted molar refractivity (Wildman–Crippen MR) is 96.5 cm³/mol. The van der Waals surface area contributed by atoms with Crippen molar-refractivity contribution in [1.29, 1.82) is 0 Å². The molecule has 2 heterocycles. The number of β-amino-alcohol motifs (C(OH)–C–C–N with tert-alkyl or cyclic N) is 1. The lowest BCUT2D eigenvalue weighted by molar-refractivity contribution is 0.0146. The van der Waals surface area contributed by atoms with Crippen molar-refractivity contribution in [3.05, 3.63) is 17.8 Å². The topological polar surface area (TPSA) is 91.1 Å². The van der Waals surface area contributed by atoms with E-state index < -0.39 is 6.10 Å². The van der Waals surface area contributed by atoms with Gasteiger partial charge in [0.2, 0.25) is 5.89 Å². The van der Waals surface area contributed by atoms with Gasteiger partial charge in [-0.3, -0.25) is 14.6 Å². The van der Waals surface area contributed by atoms with E-state index in [1.807, 2.05) is 6.92 Å². The van der Waals surface area contributed by atoms with Gasteiger partial charge in [-0.05, 0) is 6.42 Å². The maximum absolute atomic E-state index is 11.9. The van der Waals surface area contributed by atoms with Crippen LogP contribution >= 0.6 is 0 Å². The molecule has 1 fully saturated rings. The van der Waals surface area contributed by atoms with Gasteiger partial charge in [-0.25, -0.2) is 4.98 Å². The SMILES string of the molecule is C#CCOCC(O)CN1CCN(Cc2nc(C(=O)NCCC)co2)CC1. The maximum atomic E-state index is 11.9. The first-order valence-electron chi connectivity index (χ1n) is 8.99. The van der Waals surface area contributed by atoms with Gasteiger partial charge < -0.3 is 19.6 Å². The van der Waals surface area contributed by atoms with Gasteiger partial charge in [-0.2, -0.15) is 0 Å². The number of aliphatic hydroxyl groups excluding tert-OH is 1. The van der Waals surface area contributed by atoms with Crippen LogP contribution in [0.1, 0.15) is 29.7 Å². The molecule has 1 aromatic rings. The summed E-state index contributed by atoms with van der Waals surface area (Å²) in [5, 5.41) is 12.7. The molecule has 1 saturated heterocycles. The third-order valence-corrected chi connectivity index (χ3v) is 4.11. The summed E-state index contributed by atoms with van der Waals surface area (Å²) in [6.07, 6.45) is 6.86. The lowest BCUT2D eigenvalue weighted by atomic mass is 10.2. The highest BCUT2D eigenvalue weighted by Gasteiger charge is 2.21. The zero-order chi connectivity index (χ0) is 18.8. The van der Waals surface area contributed by atoms with E-state index in [1.165, 1.54) is 6.26 Å². The number of piperazine rings is 1. The number of carbonyl (C=O) groups excluding carboxylic acids is 1. The Labute approximate surface area is 154 Å². The zero-order valence-corrected chi connectivity index (χ0v) is 15.3. The minimum Gasteiger partial charge on any atom is -0.447 e. The fourth-order valence-electron chi connectivity index (χ4n) is 2.74. The van der Waals surface area contributed by atoms with Crippen LogP contribution in [0.4, 0.5) is 0 Å². The number of hydrogen-bond acceptors (Lipinski definition) is 7. The molecular weight excluding hydrogens is 336 g/mol. The Morgan fingerprint density at radius 2 is 2.19 bits per heavy atom. The van der Waals surface area contributed by atoms with E-state index in [2.05, 4.69) is 26.0 Å². The monoisotopic (exact) mass is 364 g/mol. The Kier molecular flexibility index (Phi) is 8.58. The normalized spacial score (nSPS) is 17.0. The van der Waals surface area contributed by atoms with Crippen LogP contribution in [0.2, 0.25) is 0 Å². The molecule has 1 aliphatic heterocycles. The van der Waals surface area contributed by atoms with Crippen LogP contribution in [-0.4, -0.2) is 84.4 Å². The number of carbonyl (C=O) groups is 1. The number of aromatic nitrogens is 1. The molecule has 0 aromatic carbocycles. The molecule has 0 saturated carbocycles. The molecule has 2 rings (SSSR count). The highest BCUT2D eigenvalue weighted by molar-refractivity contribution is 5.91. The Morgan fingerprint density at radius 1 is 1.46 bits per heavy atom. The molecule has 0 aliphatic carbocycles. The van der Waals surface area contributed by atoms with E-state index in [4.69, 9.17) is 15.6 Å². The average Bonchev–Trinajstić information content (AvgIpc) is 3.10. The van der Waals surface area contributed by atoms with Crippen molar-refractivity contribution in [2.45, 2.75) is 26.0 Å². The van der Waals surface area contributed by atoms with E-state index in [0.29, 0.717) is 31.2 Å². The van der Waals surface area contributed by atoms with Gasteiger partial charge in [-0.1, -0.05) is 12.8 Å². The minimum atomic E-state index is -0.536. The molecule has 1 aromatic heterocycles. The van der Waals surface area contributed by atoms with Crippen LogP contribution in [0.3, 0.4) is 0 Å². The lowest BCUT2D eigenvalue weighted by Crippen LogP contribution is -2.48. The second-order valence-corrected chi connectivity index (χ2v) is 6.33. The number of terminal acetylenes is 1. The molecule has 0 bridgehead atoms. The highest BCUT2D eigenvalue weighted by Crippen LogP contribution is 2.09. The number of aliphatic hydroxyl groups is 1. The maximum Gasteiger partial charge on any atom is 0.273 e. The summed E-state index contributed by atoms with van der Waals surface area (Å²) >= 11 is 0. The molecule has 8 nitrogen and oxygen atoms in total. The summed E-state index contributed by atoms with van der Waals surface area (Å²) < 4.78 is 10.6. The number of rotatable bonds is 10. The van der Waals surface area contributed by atoms with E-state index in [1.54, 1.807) is 0 Å². The van der Waals surface area contributed by atoms with E-state index in [-0.39, 0.29) is 19.1 Å². The summed E-state index contributed by atoms with van der Waals surface area (Å²) in [5.74, 6) is 2.72. The van der Waals surface area contributed by atoms with Crippen molar-refractivity contribution >= 4 is 5.91 Å². The molecule has 26 heavy (non-hydrogen) atoms. The summed E-state index contributed by atoms with van der Waals surface area (Å²) in [6.45, 7) is 7.62. The second-order valence-electron chi connectivity index (χ2n) is 6.33. The van der Waals surface area contributed by atoms with Crippen LogP contribution in [0.15, 0.2) is 10.7 Å². The molecule has 2 N–H and O–H groups in total. The number of nitrogens with one attached hydrogen (secondary N) is 1. The van der Waals surface area contributed by atoms with Crippen molar-refractivity contribution in [3.63, 3.8) is 0 Å². The summed E-state index contributed by atoms with van der Waals surface area (Å²) in [6, 6.07) is 0. The van der Waals surface area contributed by atoms with Gasteiger partial charge >= 0.3 is 0 Å². The molecule has 1 aliphatic rings. The van der Waals surface area contributed by atoms with Crippen molar-refractivity contribution in [2.24, 2.45) is 0 Å². The summed E-state index contributed by atoms with van der Waals surface area (Å²) in [4.78, 5) is 20.5. The van der Waals surface area contributed by atoms with E-state index in [9.17, 15) is 9.90 Å². The van der Waals surface area contributed by atoms with Gasteiger partial charge in [0, 0.05) is 39.3 Å². The quantitative estimate of drug-likeness (QED) is 0.444. The molecule has 8 heteroatoms. The first-order valence-corrected chi connectivity index (χ1v) is 8.99. The van der Waals surface area contributed by atoms with Crippen molar-refractivity contribution in [2.75, 3.05) is 52.5 Å². The van der Waals surface area contributed by atoms with Crippen molar-refractivity contribution < 1.29 is 19.1 Å². The average molecular weight is 364 g/mol. The molecule has 1 amide bonds. The molecule has 1 unspecified atom stereocenters. The Hall–Kier alpha value is -1.92. The second kappa shape index (κ2) is 10.9. The number of ether oxygens (including phenoxy) is 1. The Bertz CT molecular complexity index is 590. The third-order valence-electron chi connectivity index (χ3n) is 4.11. The Morgan fingerprint density at radius 3 is 2.88 bits per heavy atom. The van der Waals surface area contributed by atoms with Crippen LogP contribution in [0, 0.1) is 12.3 Å². The number of oxazole rings is 1. The summed E-state index contributed by atoms with van der Waals surface area (Å²) in [7, 11) is 0. The smallest absolute Gasteiger partial charge is 0.273 e. The fourth-order valence-corrected chi connectivity index (χ4v) is 2.74. The van der Waals surface area contributed by atoms with Crippen LogP contribution in [0.25, 0.3) is 0 Å². The molecule has 0 radical (unpaired) electrons. The number of amides is 1. The standard InChI is InChI=1S/C18H28N4O4/c1-3-5-19-18(24)16-14-26-17(20-16)12-22-8-6-21(7-9-22)11-15(23)13-25-10-4-2/h2,14-15,23H,3,5-13H2,1H3,(H,19,24). The first-order chi connectivity index (χ1) is 12.6. The lowest BCUT2D eigenvalue weighted by Gasteiger charge is -2.34. The van der Waals surface area contributed by atoms with Gasteiger partial charge in [0.1, 0.15) is 12.9 Å². The zero-order valence-electron chi connectivity index (χ0n) is 15.3. The minimum absolute atomic E-state index is 0.201. The fraction of sp³-hybridized carbons (Fsp3) is 0.667. The van der Waals surface area contributed by atoms with Crippen LogP contribution in [0.5, 0.6) is 0 Å². The predicted octanol–water partition coefficient (Wildman–Crippen LogP) is -0.0573. The van der Waals surface area contributed by atoms with Crippen molar-refractivity contribution in [1.82, 2.24) is 20.1 Å². The van der Waals surface area contributed by atoms with E-state index in [0.717, 1.165) is 32.6 Å². The van der Waals surface area contributed by atoms with Gasteiger partial charge in [0.25, 0.3) is 5.91 Å². The molecule has 0 spiro atoms. The van der Waals surface area contributed by atoms with Crippen molar-refractivity contribution in [3.8, 4) is 12.3 Å². The van der Waals surface area contributed by atoms with E-state index >= 15 is 0 Å². The molecule has 144 valence electrons. The molecular formula is C18H28N4O4. The number of nitrogens with zero attached hydrogens (tertiary/aromatic N) is 3. The highest BCUT2D eigenvalue weighted by atomic mass is 16.5. The Balaban J connectivity index is 1.69. The molecule has 1 atom stereocenters. The van der Waals surface area contributed by atoms with Crippen LogP contribution < -0.4 is 5.32 Å². The van der Waals surface area contributed by atoms with Gasteiger partial charge in [0.05, 0.1) is 19.3 Å².